The van der Waals surface area contributed by atoms with E-state index in [0.717, 1.165) is 145 Å². The number of nitrogens with one attached hydrogen (secondary N) is 6. The molecule has 6 aromatic heterocycles. The summed E-state index contributed by atoms with van der Waals surface area (Å²) in [5.41, 5.74) is 47.1. The highest BCUT2D eigenvalue weighted by Gasteiger charge is 2.31. The fraction of sp³-hybridized carbons (Fsp3) is 0.476. The fourth-order valence-corrected chi connectivity index (χ4v) is 16.9. The monoisotopic (exact) mass is 1320 g/mol. The van der Waals surface area contributed by atoms with Gasteiger partial charge in [0.05, 0.1) is 45.6 Å². The summed E-state index contributed by atoms with van der Waals surface area (Å²) in [4.78, 5) is 45.2. The number of aliphatic hydroxyl groups is 4. The van der Waals surface area contributed by atoms with Crippen molar-refractivity contribution in [1.29, 1.82) is 0 Å². The van der Waals surface area contributed by atoms with Crippen molar-refractivity contribution in [2.45, 2.75) is 239 Å². The first kappa shape index (κ1) is 71.4. The number of aliphatic hydroxyl groups excluding tert-OH is 4. The molecule has 6 aromatic rings. The van der Waals surface area contributed by atoms with Gasteiger partial charge in [-0.2, -0.15) is 0 Å². The number of nitrogens with zero attached hydrogens (tertiary/aromatic N) is 4. The Balaban J connectivity index is 1.00. The molecule has 520 valence electrons. The van der Waals surface area contributed by atoms with Gasteiger partial charge >= 0.3 is 0 Å². The Morgan fingerprint density at radius 3 is 0.694 bits per heavy atom. The van der Waals surface area contributed by atoms with Crippen molar-refractivity contribution in [2.24, 2.45) is 20.0 Å². The summed E-state index contributed by atoms with van der Waals surface area (Å²) < 4.78 is 0. The van der Waals surface area contributed by atoms with Crippen LogP contribution in [0.1, 0.15) is 242 Å². The average Bonchev–Trinajstić information content (AvgIpc) is 1.63. The fourth-order valence-electron chi connectivity index (χ4n) is 16.9. The number of aliphatic imine (C=N–C) groups is 4. The standard InChI is InChI=1S/C84H110N10O4/c1-17-57-58(18-2)78-42-82-66(26-22-34-96)50(10)74(90-82)38-70-46(6)62(54(14)86-70)31-32-64-48(8)72(88-56(64)16)40-76-52(12)68(28-24-36-98)84(92-76)44-80-60(20-4)59(19-3)79(94-80)43-83-67(27-23-35-97)51(11)75(91-83)39-71-47(7)63(55(15)87-71)30-29-61-45(5)69(85-53(61)13)37-73-49(9)65(25-21-33-95)81(89-73)41-77(57)93-78/h37-40,85-88,93-98H,17-36,41-44H2,1-16H3. The minimum Gasteiger partial charge on any atom is -0.396 e. The number of aryl methyl sites for hydroxylation is 4. The molecule has 0 radical (unpaired) electrons. The molecule has 11 rings (SSSR count). The molecule has 5 aliphatic rings. The molecule has 11 heterocycles. The van der Waals surface area contributed by atoms with E-state index in [9.17, 15) is 20.4 Å². The summed E-state index contributed by atoms with van der Waals surface area (Å²) in [6.07, 6.45) is 24.4. The van der Waals surface area contributed by atoms with E-state index in [1.807, 2.05) is 0 Å². The van der Waals surface area contributed by atoms with Crippen LogP contribution in [0.3, 0.4) is 0 Å². The maximum Gasteiger partial charge on any atom is 0.0686 e. The number of hydrogen-bond donors (Lipinski definition) is 10. The van der Waals surface area contributed by atoms with Crippen molar-refractivity contribution in [3.05, 3.63) is 202 Å². The van der Waals surface area contributed by atoms with Crippen LogP contribution in [0.2, 0.25) is 0 Å². The third-order valence-corrected chi connectivity index (χ3v) is 22.6. The van der Waals surface area contributed by atoms with Crippen LogP contribution >= 0.6 is 0 Å². The van der Waals surface area contributed by atoms with Crippen molar-refractivity contribution < 1.29 is 20.4 Å². The van der Waals surface area contributed by atoms with Gasteiger partial charge in [0.1, 0.15) is 0 Å². The molecule has 0 amide bonds. The summed E-state index contributed by atoms with van der Waals surface area (Å²) in [7, 11) is 0. The van der Waals surface area contributed by atoms with Crippen molar-refractivity contribution in [1.82, 2.24) is 29.9 Å². The number of H-pyrrole nitrogens is 6. The number of fused-ring (bicyclic) bond motifs is 16. The lowest BCUT2D eigenvalue weighted by Crippen LogP contribution is -2.09. The van der Waals surface area contributed by atoms with Gasteiger partial charge < -0.3 is 50.3 Å². The second-order valence-corrected chi connectivity index (χ2v) is 28.3. The molecular formula is C84H110N10O4. The molecule has 0 spiro atoms. The smallest absolute Gasteiger partial charge is 0.0686 e. The van der Waals surface area contributed by atoms with Crippen molar-refractivity contribution >= 4 is 47.2 Å². The zero-order valence-electron chi connectivity index (χ0n) is 61.9. The second kappa shape index (κ2) is 30.7. The number of aromatic nitrogens is 6. The van der Waals surface area contributed by atoms with E-state index in [2.05, 4.69) is 165 Å². The SMILES string of the molecule is CCc1c2[nH]c(c1CC)CC1=NC(=Cc3[nH]c(C)c(c3C)CCc3c(C)[nH]c(c3C)C=C3N=C(Cc4[nH]c(c(CC)c4CC)CC4=NC(=Cc5[nH]c(C)c(c5C)CCc5c(C)[nH]c(c5C)C=C5N=C(C2)C(CCCO)=C5C)C(C)=C4CCCO)C(CCCO)=C3C)C(C)=C1CCCO. The highest BCUT2D eigenvalue weighted by molar-refractivity contribution is 6.09. The highest BCUT2D eigenvalue weighted by Crippen LogP contribution is 2.40. The van der Waals surface area contributed by atoms with Gasteiger partial charge in [-0.1, -0.05) is 27.7 Å². The molecule has 0 aliphatic carbocycles. The van der Waals surface area contributed by atoms with E-state index in [1.54, 1.807) is 0 Å². The maximum atomic E-state index is 10.2. The lowest BCUT2D eigenvalue weighted by Gasteiger charge is -2.09. The van der Waals surface area contributed by atoms with Gasteiger partial charge in [0, 0.05) is 120 Å². The van der Waals surface area contributed by atoms with E-state index in [0.29, 0.717) is 51.4 Å². The Morgan fingerprint density at radius 1 is 0.306 bits per heavy atom. The predicted molar refractivity (Wildman–Crippen MR) is 408 cm³/mol. The molecule has 0 saturated heterocycles. The molecule has 0 unspecified atom stereocenters. The number of rotatable bonds is 16. The van der Waals surface area contributed by atoms with Crippen molar-refractivity contribution in [2.75, 3.05) is 26.4 Å². The average molecular weight is 1320 g/mol. The van der Waals surface area contributed by atoms with Gasteiger partial charge in [-0.25, -0.2) is 0 Å². The molecule has 20 bridgehead atoms. The van der Waals surface area contributed by atoms with Crippen molar-refractivity contribution in [3.63, 3.8) is 0 Å². The molecular weight excluding hydrogens is 1210 g/mol. The zero-order chi connectivity index (χ0) is 70.0. The normalized spacial score (nSPS) is 16.6. The topological polar surface area (TPSA) is 225 Å². The zero-order valence-corrected chi connectivity index (χ0v) is 61.9. The van der Waals surface area contributed by atoms with Gasteiger partial charge in [0.25, 0.3) is 0 Å². The number of aromatic amines is 6. The molecule has 0 atom stereocenters. The van der Waals surface area contributed by atoms with Crippen LogP contribution < -0.4 is 0 Å². The lowest BCUT2D eigenvalue weighted by atomic mass is 9.94. The van der Waals surface area contributed by atoms with Crippen molar-refractivity contribution in [3.8, 4) is 0 Å². The molecule has 0 saturated carbocycles. The third-order valence-electron chi connectivity index (χ3n) is 22.6. The van der Waals surface area contributed by atoms with Gasteiger partial charge in [0.15, 0.2) is 0 Å². The Hall–Kier alpha value is -7.88. The molecule has 0 fully saturated rings. The number of allylic oxidation sites excluding steroid dienone is 8. The van der Waals surface area contributed by atoms with E-state index in [1.165, 1.54) is 157 Å². The summed E-state index contributed by atoms with van der Waals surface area (Å²) in [5.74, 6) is 0. The Bertz CT molecular complexity index is 3930. The lowest BCUT2D eigenvalue weighted by molar-refractivity contribution is 0.288. The van der Waals surface area contributed by atoms with Crippen LogP contribution in [0.4, 0.5) is 0 Å². The van der Waals surface area contributed by atoms with Crippen LogP contribution in [-0.2, 0) is 77.0 Å². The predicted octanol–water partition coefficient (Wildman–Crippen LogP) is 16.8. The van der Waals surface area contributed by atoms with Crippen LogP contribution in [0.25, 0.3) is 24.3 Å². The highest BCUT2D eigenvalue weighted by atomic mass is 16.3. The number of hydrogen-bond acceptors (Lipinski definition) is 8. The van der Waals surface area contributed by atoms with Gasteiger partial charge in [-0.05, 0) is 321 Å². The van der Waals surface area contributed by atoms with Crippen LogP contribution in [0.5, 0.6) is 0 Å². The first-order valence-corrected chi connectivity index (χ1v) is 36.8. The molecule has 10 N–H and O–H groups in total. The van der Waals surface area contributed by atoms with E-state index >= 15 is 0 Å². The molecule has 14 nitrogen and oxygen atoms in total. The first-order chi connectivity index (χ1) is 47.2. The maximum absolute atomic E-state index is 10.2. The first-order valence-electron chi connectivity index (χ1n) is 36.8. The summed E-state index contributed by atoms with van der Waals surface area (Å²) >= 11 is 0. The minimum atomic E-state index is 0.117. The molecule has 0 aromatic carbocycles. The second-order valence-electron chi connectivity index (χ2n) is 28.3. The van der Waals surface area contributed by atoms with E-state index in [-0.39, 0.29) is 26.4 Å². The molecule has 14 heteroatoms. The van der Waals surface area contributed by atoms with Crippen LogP contribution in [0, 0.1) is 55.4 Å². The summed E-state index contributed by atoms with van der Waals surface area (Å²) in [6.45, 7) is 36.1. The molecule has 5 aliphatic heterocycles. The van der Waals surface area contributed by atoms with Gasteiger partial charge in [0.2, 0.25) is 0 Å². The minimum absolute atomic E-state index is 0.117. The Labute approximate surface area is 582 Å². The Morgan fingerprint density at radius 2 is 0.510 bits per heavy atom. The van der Waals surface area contributed by atoms with Crippen LogP contribution in [-0.4, -0.2) is 99.6 Å². The van der Waals surface area contributed by atoms with E-state index in [4.69, 9.17) is 20.0 Å². The Kier molecular flexibility index (Phi) is 22.4. The summed E-state index contributed by atoms with van der Waals surface area (Å²) in [6, 6.07) is 0. The largest absolute Gasteiger partial charge is 0.396 e. The van der Waals surface area contributed by atoms with Gasteiger partial charge in [-0.15, -0.1) is 0 Å². The van der Waals surface area contributed by atoms with Gasteiger partial charge in [-0.3, -0.25) is 20.0 Å². The third kappa shape index (κ3) is 14.1. The van der Waals surface area contributed by atoms with E-state index < -0.39 is 0 Å². The molecule has 98 heavy (non-hydrogen) atoms. The summed E-state index contributed by atoms with van der Waals surface area (Å²) in [5, 5.41) is 40.9. The quantitative estimate of drug-likeness (QED) is 0.0456. The van der Waals surface area contributed by atoms with Crippen LogP contribution in [0.15, 0.2) is 87.3 Å².